The molecule has 0 saturated heterocycles. The van der Waals surface area contributed by atoms with E-state index in [4.69, 9.17) is 5.11 Å². The molecule has 0 spiro atoms. The molecular formula is C10H17N3O. The van der Waals surface area contributed by atoms with E-state index in [-0.39, 0.29) is 6.61 Å². The molecule has 0 atom stereocenters. The first-order chi connectivity index (χ1) is 6.92. The third kappa shape index (κ3) is 1.95. The molecule has 0 aliphatic heterocycles. The fraction of sp³-hybridized carbons (Fsp3) is 0.800. The summed E-state index contributed by atoms with van der Waals surface area (Å²) < 4.78 is 1.84. The fourth-order valence-electron chi connectivity index (χ4n) is 2.25. The molecule has 1 saturated carbocycles. The summed E-state index contributed by atoms with van der Waals surface area (Å²) in [6.07, 6.45) is 8.34. The first-order valence-electron chi connectivity index (χ1n) is 5.41. The zero-order valence-electron chi connectivity index (χ0n) is 8.39. The second kappa shape index (κ2) is 4.55. The van der Waals surface area contributed by atoms with Crippen molar-refractivity contribution in [2.24, 2.45) is 0 Å². The van der Waals surface area contributed by atoms with Crippen LogP contribution >= 0.6 is 0 Å². The first-order valence-corrected chi connectivity index (χ1v) is 5.41. The topological polar surface area (TPSA) is 50.9 Å². The molecule has 0 aromatic carbocycles. The molecule has 1 aliphatic rings. The van der Waals surface area contributed by atoms with Gasteiger partial charge in [0.2, 0.25) is 0 Å². The van der Waals surface area contributed by atoms with Gasteiger partial charge in [0.1, 0.15) is 0 Å². The fourth-order valence-corrected chi connectivity index (χ4v) is 2.25. The maximum absolute atomic E-state index is 8.87. The first kappa shape index (κ1) is 9.65. The molecule has 4 heteroatoms. The summed E-state index contributed by atoms with van der Waals surface area (Å²) in [6, 6.07) is 0. The van der Waals surface area contributed by atoms with Crippen molar-refractivity contribution >= 4 is 0 Å². The highest BCUT2D eigenvalue weighted by Gasteiger charge is 2.19. The molecule has 14 heavy (non-hydrogen) atoms. The molecule has 0 radical (unpaired) electrons. The number of hydrogen-bond donors (Lipinski definition) is 1. The average Bonchev–Trinajstić information content (AvgIpc) is 2.68. The van der Waals surface area contributed by atoms with Crippen LogP contribution in [-0.2, 0) is 6.54 Å². The minimum Gasteiger partial charge on any atom is -0.394 e. The summed E-state index contributed by atoms with van der Waals surface area (Å²) in [5, 5.41) is 16.8. The Morgan fingerprint density at radius 1 is 1.36 bits per heavy atom. The molecule has 1 fully saturated rings. The van der Waals surface area contributed by atoms with Gasteiger partial charge in [0, 0.05) is 5.92 Å². The smallest absolute Gasteiger partial charge is 0.0728 e. The highest BCUT2D eigenvalue weighted by atomic mass is 16.3. The molecule has 2 rings (SSSR count). The van der Waals surface area contributed by atoms with Crippen molar-refractivity contribution in [3.63, 3.8) is 0 Å². The second-order valence-corrected chi connectivity index (χ2v) is 3.94. The van der Waals surface area contributed by atoms with Gasteiger partial charge in [0.15, 0.2) is 0 Å². The van der Waals surface area contributed by atoms with Crippen LogP contribution in [0, 0.1) is 0 Å². The number of hydrogen-bond acceptors (Lipinski definition) is 3. The zero-order valence-corrected chi connectivity index (χ0v) is 8.39. The van der Waals surface area contributed by atoms with Gasteiger partial charge in [-0.05, 0) is 12.8 Å². The van der Waals surface area contributed by atoms with Gasteiger partial charge in [0.05, 0.1) is 25.0 Å². The Bertz CT molecular complexity index is 279. The van der Waals surface area contributed by atoms with E-state index in [1.54, 1.807) is 0 Å². The molecule has 1 heterocycles. The monoisotopic (exact) mass is 195 g/mol. The Morgan fingerprint density at radius 3 is 2.86 bits per heavy atom. The molecule has 0 unspecified atom stereocenters. The van der Waals surface area contributed by atoms with Crippen LogP contribution < -0.4 is 0 Å². The predicted molar refractivity (Wildman–Crippen MR) is 52.9 cm³/mol. The van der Waals surface area contributed by atoms with Gasteiger partial charge >= 0.3 is 0 Å². The van der Waals surface area contributed by atoms with Crippen molar-refractivity contribution in [2.75, 3.05) is 6.61 Å². The van der Waals surface area contributed by atoms with Gasteiger partial charge in [-0.25, -0.2) is 4.68 Å². The summed E-state index contributed by atoms with van der Waals surface area (Å²) in [5.74, 6) is 0.616. The number of aliphatic hydroxyl groups excluding tert-OH is 1. The minimum atomic E-state index is 0.142. The number of rotatable bonds is 3. The Labute approximate surface area is 83.9 Å². The van der Waals surface area contributed by atoms with Crippen LogP contribution in [0.15, 0.2) is 6.20 Å². The molecule has 1 aromatic heterocycles. The second-order valence-electron chi connectivity index (χ2n) is 3.94. The van der Waals surface area contributed by atoms with Gasteiger partial charge in [0.25, 0.3) is 0 Å². The van der Waals surface area contributed by atoms with Crippen molar-refractivity contribution in [3.05, 3.63) is 11.9 Å². The van der Waals surface area contributed by atoms with E-state index in [0.29, 0.717) is 12.5 Å². The Morgan fingerprint density at radius 2 is 2.14 bits per heavy atom. The van der Waals surface area contributed by atoms with Crippen LogP contribution in [0.4, 0.5) is 0 Å². The summed E-state index contributed by atoms with van der Waals surface area (Å²) in [6.45, 7) is 0.717. The maximum Gasteiger partial charge on any atom is 0.0728 e. The quantitative estimate of drug-likeness (QED) is 0.791. The van der Waals surface area contributed by atoms with Crippen LogP contribution in [0.3, 0.4) is 0 Å². The number of aliphatic hydroxyl groups is 1. The van der Waals surface area contributed by atoms with Gasteiger partial charge in [-0.2, -0.15) is 0 Å². The Balaban J connectivity index is 2.09. The van der Waals surface area contributed by atoms with Crippen molar-refractivity contribution < 1.29 is 5.11 Å². The summed E-state index contributed by atoms with van der Waals surface area (Å²) in [4.78, 5) is 0. The summed E-state index contributed by atoms with van der Waals surface area (Å²) >= 11 is 0. The highest BCUT2D eigenvalue weighted by Crippen LogP contribution is 2.31. The predicted octanol–water partition coefficient (Wildman–Crippen LogP) is 1.32. The van der Waals surface area contributed by atoms with Crippen molar-refractivity contribution in [3.8, 4) is 0 Å². The van der Waals surface area contributed by atoms with Crippen molar-refractivity contribution in [1.29, 1.82) is 0 Å². The van der Waals surface area contributed by atoms with Crippen LogP contribution in [0.25, 0.3) is 0 Å². The lowest BCUT2D eigenvalue weighted by molar-refractivity contribution is 0.262. The highest BCUT2D eigenvalue weighted by molar-refractivity contribution is 5.04. The zero-order chi connectivity index (χ0) is 9.80. The minimum absolute atomic E-state index is 0.142. The third-order valence-electron chi connectivity index (χ3n) is 2.98. The van der Waals surface area contributed by atoms with Gasteiger partial charge in [-0.1, -0.05) is 24.5 Å². The van der Waals surface area contributed by atoms with E-state index in [1.807, 2.05) is 10.9 Å². The van der Waals surface area contributed by atoms with Crippen molar-refractivity contribution in [2.45, 2.75) is 44.6 Å². The Kier molecular flexibility index (Phi) is 3.14. The van der Waals surface area contributed by atoms with E-state index in [2.05, 4.69) is 10.3 Å². The Hall–Kier alpha value is -0.900. The lowest BCUT2D eigenvalue weighted by Crippen LogP contribution is -2.13. The van der Waals surface area contributed by atoms with Crippen LogP contribution in [0.2, 0.25) is 0 Å². The molecule has 1 N–H and O–H groups in total. The van der Waals surface area contributed by atoms with Gasteiger partial charge in [-0.15, -0.1) is 5.10 Å². The van der Waals surface area contributed by atoms with E-state index >= 15 is 0 Å². The van der Waals surface area contributed by atoms with Gasteiger partial charge in [-0.3, -0.25) is 0 Å². The average molecular weight is 195 g/mol. The molecule has 1 aromatic rings. The summed E-state index contributed by atoms with van der Waals surface area (Å²) in [5.41, 5.74) is 1.21. The van der Waals surface area contributed by atoms with Crippen LogP contribution in [-0.4, -0.2) is 26.7 Å². The van der Waals surface area contributed by atoms with E-state index < -0.39 is 0 Å². The van der Waals surface area contributed by atoms with E-state index in [9.17, 15) is 0 Å². The largest absolute Gasteiger partial charge is 0.394 e. The third-order valence-corrected chi connectivity index (χ3v) is 2.98. The number of aromatic nitrogens is 3. The summed E-state index contributed by atoms with van der Waals surface area (Å²) in [7, 11) is 0. The lowest BCUT2D eigenvalue weighted by Gasteiger charge is -2.21. The standard InChI is InChI=1S/C10H17N3O/c14-7-6-13-10(8-11-12-13)9-4-2-1-3-5-9/h8-9,14H,1-7H2. The maximum atomic E-state index is 8.87. The molecule has 1 aliphatic carbocycles. The van der Waals surface area contributed by atoms with Crippen LogP contribution in [0.1, 0.15) is 43.7 Å². The molecule has 0 bridgehead atoms. The van der Waals surface area contributed by atoms with E-state index in [1.165, 1.54) is 37.8 Å². The number of nitrogens with zero attached hydrogens (tertiary/aromatic N) is 3. The van der Waals surface area contributed by atoms with Gasteiger partial charge < -0.3 is 5.11 Å². The molecule has 4 nitrogen and oxygen atoms in total. The lowest BCUT2D eigenvalue weighted by atomic mass is 9.87. The normalized spacial score (nSPS) is 18.6. The molecule has 0 amide bonds. The molecular weight excluding hydrogens is 178 g/mol. The van der Waals surface area contributed by atoms with Crippen LogP contribution in [0.5, 0.6) is 0 Å². The van der Waals surface area contributed by atoms with Crippen molar-refractivity contribution in [1.82, 2.24) is 15.0 Å². The SMILES string of the molecule is OCCn1nncc1C1CCCCC1. The van der Waals surface area contributed by atoms with E-state index in [0.717, 1.165) is 0 Å². The molecule has 78 valence electrons.